The highest BCUT2D eigenvalue weighted by Gasteiger charge is 2.40. The fourth-order valence-corrected chi connectivity index (χ4v) is 3.13. The van der Waals surface area contributed by atoms with E-state index in [1.165, 1.54) is 4.31 Å². The Morgan fingerprint density at radius 3 is 2.38 bits per heavy atom. The number of hydrogen-bond acceptors (Lipinski definition) is 3. The molecule has 13 heavy (non-hydrogen) atoms. The summed E-state index contributed by atoms with van der Waals surface area (Å²) in [7, 11) is -3.18. The molecule has 0 unspecified atom stereocenters. The highest BCUT2D eigenvalue weighted by Crippen LogP contribution is 2.31. The van der Waals surface area contributed by atoms with E-state index in [1.807, 2.05) is 6.07 Å². The van der Waals surface area contributed by atoms with Crippen molar-refractivity contribution < 1.29 is 8.42 Å². The number of nitriles is 1. The zero-order chi connectivity index (χ0) is 10.1. The lowest BCUT2D eigenvalue weighted by atomic mass is 10.4. The Labute approximate surface area is 79.2 Å². The SMILES string of the molecule is CC(C)N(CC#N)S(=O)(=O)C1CC1. The average Bonchev–Trinajstić information content (AvgIpc) is 2.80. The van der Waals surface area contributed by atoms with E-state index in [-0.39, 0.29) is 17.8 Å². The molecule has 0 heterocycles. The summed E-state index contributed by atoms with van der Waals surface area (Å²) in [6, 6.07) is 1.76. The molecule has 0 bridgehead atoms. The first kappa shape index (κ1) is 10.5. The van der Waals surface area contributed by atoms with Crippen molar-refractivity contribution in [2.45, 2.75) is 38.0 Å². The van der Waals surface area contributed by atoms with Gasteiger partial charge in [-0.15, -0.1) is 0 Å². The van der Waals surface area contributed by atoms with Gasteiger partial charge in [-0.2, -0.15) is 9.57 Å². The molecule has 0 aromatic heterocycles. The standard InChI is InChI=1S/C8H14N2O2S/c1-7(2)10(6-5-9)13(11,12)8-3-4-8/h7-8H,3-4,6H2,1-2H3. The van der Waals surface area contributed by atoms with Crippen LogP contribution in [0.5, 0.6) is 0 Å². The second-order valence-corrected chi connectivity index (χ2v) is 5.71. The Balaban J connectivity index is 2.80. The summed E-state index contributed by atoms with van der Waals surface area (Å²) in [6.07, 6.45) is 1.49. The lowest BCUT2D eigenvalue weighted by Crippen LogP contribution is -2.39. The van der Waals surface area contributed by atoms with Crippen molar-refractivity contribution in [3.8, 4) is 6.07 Å². The molecule has 0 spiro atoms. The minimum atomic E-state index is -3.18. The largest absolute Gasteiger partial charge is 0.218 e. The average molecular weight is 202 g/mol. The van der Waals surface area contributed by atoms with Gasteiger partial charge in [0, 0.05) is 6.04 Å². The maximum atomic E-state index is 11.7. The molecule has 0 aromatic carbocycles. The fraction of sp³-hybridized carbons (Fsp3) is 0.875. The smallest absolute Gasteiger partial charge is 0.212 e. The van der Waals surface area contributed by atoms with E-state index in [0.29, 0.717) is 0 Å². The molecular weight excluding hydrogens is 188 g/mol. The van der Waals surface area contributed by atoms with Gasteiger partial charge in [0.05, 0.1) is 11.3 Å². The van der Waals surface area contributed by atoms with Crippen LogP contribution in [0.15, 0.2) is 0 Å². The molecule has 1 fully saturated rings. The monoisotopic (exact) mass is 202 g/mol. The second kappa shape index (κ2) is 3.64. The van der Waals surface area contributed by atoms with E-state index in [2.05, 4.69) is 0 Å². The molecule has 0 atom stereocenters. The minimum absolute atomic E-state index is 0.0312. The first-order valence-electron chi connectivity index (χ1n) is 4.37. The number of rotatable bonds is 4. The van der Waals surface area contributed by atoms with Gasteiger partial charge in [-0.25, -0.2) is 8.42 Å². The van der Waals surface area contributed by atoms with E-state index in [4.69, 9.17) is 5.26 Å². The molecule has 0 aliphatic heterocycles. The van der Waals surface area contributed by atoms with Gasteiger partial charge in [0.15, 0.2) is 0 Å². The van der Waals surface area contributed by atoms with Crippen molar-refractivity contribution in [1.82, 2.24) is 4.31 Å². The van der Waals surface area contributed by atoms with Gasteiger partial charge < -0.3 is 0 Å². The third kappa shape index (κ3) is 2.20. The molecule has 5 heteroatoms. The quantitative estimate of drug-likeness (QED) is 0.631. The summed E-state index contributed by atoms with van der Waals surface area (Å²) in [4.78, 5) is 0. The molecule has 0 amide bonds. The molecule has 0 aromatic rings. The van der Waals surface area contributed by atoms with E-state index in [0.717, 1.165) is 12.8 Å². The van der Waals surface area contributed by atoms with Crippen molar-refractivity contribution in [1.29, 1.82) is 5.26 Å². The van der Waals surface area contributed by atoms with Gasteiger partial charge in [-0.05, 0) is 26.7 Å². The van der Waals surface area contributed by atoms with Crippen molar-refractivity contribution >= 4 is 10.0 Å². The summed E-state index contributed by atoms with van der Waals surface area (Å²) in [5, 5.41) is 8.28. The highest BCUT2D eigenvalue weighted by atomic mass is 32.2. The lowest BCUT2D eigenvalue weighted by Gasteiger charge is -2.22. The number of nitrogens with zero attached hydrogens (tertiary/aromatic N) is 2. The van der Waals surface area contributed by atoms with Gasteiger partial charge in [-0.3, -0.25) is 0 Å². The molecule has 74 valence electrons. The molecule has 1 saturated carbocycles. The van der Waals surface area contributed by atoms with Crippen LogP contribution < -0.4 is 0 Å². The normalized spacial score (nSPS) is 17.8. The minimum Gasteiger partial charge on any atom is -0.212 e. The van der Waals surface area contributed by atoms with E-state index >= 15 is 0 Å². The van der Waals surface area contributed by atoms with Crippen LogP contribution in [0.2, 0.25) is 0 Å². The van der Waals surface area contributed by atoms with Gasteiger partial charge in [0.1, 0.15) is 6.54 Å². The third-order valence-corrected chi connectivity index (χ3v) is 4.59. The van der Waals surface area contributed by atoms with Crippen LogP contribution in [0.1, 0.15) is 26.7 Å². The van der Waals surface area contributed by atoms with Crippen LogP contribution in [0.25, 0.3) is 0 Å². The van der Waals surface area contributed by atoms with Crippen molar-refractivity contribution in [2.75, 3.05) is 6.54 Å². The van der Waals surface area contributed by atoms with Crippen LogP contribution >= 0.6 is 0 Å². The molecule has 1 rings (SSSR count). The van der Waals surface area contributed by atoms with E-state index in [9.17, 15) is 8.42 Å². The van der Waals surface area contributed by atoms with Gasteiger partial charge in [-0.1, -0.05) is 0 Å². The Bertz CT molecular complexity index is 312. The Hall–Kier alpha value is -0.600. The van der Waals surface area contributed by atoms with Crippen molar-refractivity contribution in [3.63, 3.8) is 0 Å². The summed E-state index contributed by atoms with van der Waals surface area (Å²) in [5.74, 6) is 0. The van der Waals surface area contributed by atoms with E-state index in [1.54, 1.807) is 13.8 Å². The topological polar surface area (TPSA) is 61.2 Å². The van der Waals surface area contributed by atoms with Crippen molar-refractivity contribution in [2.24, 2.45) is 0 Å². The molecule has 0 radical (unpaired) electrons. The summed E-state index contributed by atoms with van der Waals surface area (Å²) in [6.45, 7) is 3.55. The summed E-state index contributed by atoms with van der Waals surface area (Å²) >= 11 is 0. The third-order valence-electron chi connectivity index (χ3n) is 2.07. The predicted octanol–water partition coefficient (Wildman–Crippen LogP) is 0.713. The van der Waals surface area contributed by atoms with Crippen LogP contribution in [0, 0.1) is 11.3 Å². The summed E-state index contributed by atoms with van der Waals surface area (Å²) < 4.78 is 24.7. The number of sulfonamides is 1. The van der Waals surface area contributed by atoms with Crippen LogP contribution in [0.3, 0.4) is 0 Å². The van der Waals surface area contributed by atoms with Gasteiger partial charge in [0.25, 0.3) is 0 Å². The molecule has 0 N–H and O–H groups in total. The predicted molar refractivity (Wildman–Crippen MR) is 49.4 cm³/mol. The maximum Gasteiger partial charge on any atom is 0.218 e. The molecule has 1 aliphatic rings. The van der Waals surface area contributed by atoms with Crippen LogP contribution in [-0.4, -0.2) is 30.6 Å². The molecule has 1 aliphatic carbocycles. The number of hydrogen-bond donors (Lipinski definition) is 0. The van der Waals surface area contributed by atoms with Gasteiger partial charge in [0.2, 0.25) is 10.0 Å². The Morgan fingerprint density at radius 2 is 2.08 bits per heavy atom. The summed E-state index contributed by atoms with van der Waals surface area (Å²) in [5.41, 5.74) is 0. The molecular formula is C8H14N2O2S. The van der Waals surface area contributed by atoms with Crippen LogP contribution in [0.4, 0.5) is 0 Å². The second-order valence-electron chi connectivity index (χ2n) is 3.54. The zero-order valence-corrected chi connectivity index (χ0v) is 8.71. The van der Waals surface area contributed by atoms with Crippen molar-refractivity contribution in [3.05, 3.63) is 0 Å². The molecule has 4 nitrogen and oxygen atoms in total. The van der Waals surface area contributed by atoms with E-state index < -0.39 is 10.0 Å². The molecule has 0 saturated heterocycles. The van der Waals surface area contributed by atoms with Gasteiger partial charge >= 0.3 is 0 Å². The zero-order valence-electron chi connectivity index (χ0n) is 7.90. The van der Waals surface area contributed by atoms with Crippen LogP contribution in [-0.2, 0) is 10.0 Å². The Kier molecular flexibility index (Phi) is 2.94. The first-order valence-corrected chi connectivity index (χ1v) is 5.88. The first-order chi connectivity index (χ1) is 6.00. The fourth-order valence-electron chi connectivity index (χ4n) is 1.19. The highest BCUT2D eigenvalue weighted by molar-refractivity contribution is 7.90. The lowest BCUT2D eigenvalue weighted by molar-refractivity contribution is 0.385. The Morgan fingerprint density at radius 1 is 1.54 bits per heavy atom. The maximum absolute atomic E-state index is 11.7.